The number of carbonyl (C=O) groups is 1. The first-order valence-electron chi connectivity index (χ1n) is 10.7. The van der Waals surface area contributed by atoms with Crippen LogP contribution in [0, 0.1) is 0 Å². The summed E-state index contributed by atoms with van der Waals surface area (Å²) >= 11 is 12.1. The van der Waals surface area contributed by atoms with E-state index in [0.717, 1.165) is 18.9 Å². The molecule has 11 heteroatoms. The molecule has 3 aromatic rings. The Morgan fingerprint density at radius 2 is 1.80 bits per heavy atom. The van der Waals surface area contributed by atoms with Crippen LogP contribution < -0.4 is 20.1 Å². The summed E-state index contributed by atoms with van der Waals surface area (Å²) < 4.78 is 34.3. The first-order chi connectivity index (χ1) is 16.8. The number of halogens is 2. The van der Waals surface area contributed by atoms with Crippen molar-refractivity contribution in [1.82, 2.24) is 10.6 Å². The van der Waals surface area contributed by atoms with Crippen molar-refractivity contribution in [2.45, 2.75) is 11.3 Å². The fourth-order valence-electron chi connectivity index (χ4n) is 3.32. The second kappa shape index (κ2) is 11.0. The third kappa shape index (κ3) is 6.45. The molecule has 0 aromatic heterocycles. The fraction of sp³-hybridized carbons (Fsp3) is 0.167. The van der Waals surface area contributed by atoms with Gasteiger partial charge in [-0.3, -0.25) is 14.5 Å². The van der Waals surface area contributed by atoms with Crippen molar-refractivity contribution in [3.63, 3.8) is 0 Å². The Labute approximate surface area is 213 Å². The molecule has 3 N–H and O–H groups in total. The highest BCUT2D eigenvalue weighted by Crippen LogP contribution is 2.35. The van der Waals surface area contributed by atoms with Crippen LogP contribution in [0.5, 0.6) is 11.5 Å². The average Bonchev–Trinajstić information content (AvgIpc) is 3.35. The van der Waals surface area contributed by atoms with E-state index in [2.05, 4.69) is 20.3 Å². The number of hydrogen-bond acceptors (Lipinski definition) is 6. The molecular weight excluding hydrogens is 511 g/mol. The van der Waals surface area contributed by atoms with Crippen molar-refractivity contribution < 1.29 is 17.9 Å². The molecule has 0 atom stereocenters. The third-order valence-electron chi connectivity index (χ3n) is 5.06. The predicted octanol–water partition coefficient (Wildman–Crippen LogP) is 4.71. The molecule has 0 saturated heterocycles. The van der Waals surface area contributed by atoms with Crippen molar-refractivity contribution in [3.8, 4) is 11.5 Å². The van der Waals surface area contributed by atoms with Gasteiger partial charge in [-0.2, -0.15) is 0 Å². The van der Waals surface area contributed by atoms with Crippen molar-refractivity contribution in [2.24, 2.45) is 4.99 Å². The van der Waals surface area contributed by atoms with Crippen molar-refractivity contribution in [2.75, 3.05) is 24.4 Å². The zero-order chi connectivity index (χ0) is 24.8. The number of sulfonamides is 1. The van der Waals surface area contributed by atoms with Gasteiger partial charge in [-0.25, -0.2) is 8.42 Å². The fourth-order valence-corrected chi connectivity index (χ4v) is 4.83. The van der Waals surface area contributed by atoms with Gasteiger partial charge < -0.3 is 15.4 Å². The van der Waals surface area contributed by atoms with Gasteiger partial charge in [-0.15, -0.1) is 0 Å². The van der Waals surface area contributed by atoms with Gasteiger partial charge in [0.2, 0.25) is 0 Å². The molecule has 4 rings (SSSR count). The number of para-hydroxylation sites is 2. The van der Waals surface area contributed by atoms with Gasteiger partial charge in [0.15, 0.2) is 5.75 Å². The number of hydrogen-bond donors (Lipinski definition) is 3. The molecule has 0 radical (unpaired) electrons. The Morgan fingerprint density at radius 1 is 1.03 bits per heavy atom. The molecule has 3 aromatic carbocycles. The van der Waals surface area contributed by atoms with Gasteiger partial charge in [-0.1, -0.05) is 35.3 Å². The average molecular weight is 533 g/mol. The molecule has 8 nitrogen and oxygen atoms in total. The molecule has 1 aliphatic heterocycles. The second-order valence-corrected chi connectivity index (χ2v) is 10.1. The zero-order valence-corrected chi connectivity index (χ0v) is 20.8. The summed E-state index contributed by atoms with van der Waals surface area (Å²) in [5, 5.41) is 6.68. The summed E-state index contributed by atoms with van der Waals surface area (Å²) in [4.78, 5) is 16.6. The van der Waals surface area contributed by atoms with Gasteiger partial charge in [0.05, 0.1) is 28.0 Å². The Bertz CT molecular complexity index is 1360. The van der Waals surface area contributed by atoms with Crippen LogP contribution in [-0.4, -0.2) is 39.8 Å². The summed E-state index contributed by atoms with van der Waals surface area (Å²) in [7, 11) is -3.96. The molecule has 1 heterocycles. The highest BCUT2D eigenvalue weighted by Gasteiger charge is 2.18. The maximum Gasteiger partial charge on any atom is 0.262 e. The van der Waals surface area contributed by atoms with Gasteiger partial charge in [0, 0.05) is 30.1 Å². The number of ether oxygens (including phenoxy) is 1. The monoisotopic (exact) mass is 532 g/mol. The first kappa shape index (κ1) is 24.8. The van der Waals surface area contributed by atoms with E-state index in [-0.39, 0.29) is 27.3 Å². The van der Waals surface area contributed by atoms with Gasteiger partial charge in [0.1, 0.15) is 5.75 Å². The molecule has 0 aliphatic carbocycles. The largest absolute Gasteiger partial charge is 0.454 e. The highest BCUT2D eigenvalue weighted by atomic mass is 35.5. The minimum atomic E-state index is -3.96. The van der Waals surface area contributed by atoms with Crippen LogP contribution in [0.4, 0.5) is 5.69 Å². The van der Waals surface area contributed by atoms with Crippen molar-refractivity contribution in [1.29, 1.82) is 0 Å². The number of benzene rings is 3. The van der Waals surface area contributed by atoms with Crippen molar-refractivity contribution in [3.05, 3.63) is 82.3 Å². The lowest BCUT2D eigenvalue weighted by atomic mass is 10.2. The number of nitrogens with zero attached hydrogens (tertiary/aromatic N) is 1. The van der Waals surface area contributed by atoms with Crippen molar-refractivity contribution >= 4 is 50.7 Å². The number of rotatable bonds is 9. The number of amidine groups is 1. The Morgan fingerprint density at radius 3 is 2.51 bits per heavy atom. The van der Waals surface area contributed by atoms with E-state index in [4.69, 9.17) is 27.9 Å². The van der Waals surface area contributed by atoms with E-state index in [0.29, 0.717) is 29.3 Å². The van der Waals surface area contributed by atoms with Crippen LogP contribution in [0.3, 0.4) is 0 Å². The van der Waals surface area contributed by atoms with E-state index in [1.165, 1.54) is 30.3 Å². The molecular formula is C24H22Cl2N4O4S. The molecule has 0 fully saturated rings. The lowest BCUT2D eigenvalue weighted by Crippen LogP contribution is -2.29. The van der Waals surface area contributed by atoms with Crippen LogP contribution in [0.2, 0.25) is 10.0 Å². The quantitative estimate of drug-likeness (QED) is 0.369. The molecule has 0 unspecified atom stereocenters. The highest BCUT2D eigenvalue weighted by molar-refractivity contribution is 7.92. The summed E-state index contributed by atoms with van der Waals surface area (Å²) in [6.45, 7) is 2.00. The standard InChI is InChI=1S/C24H22Cl2N4O4S/c25-17-7-10-21(19(26)15-17)34-22-4-2-1-3-20(22)30-35(32,33)18-8-5-16(6-9-18)24(31)29-12-11-23-27-13-14-28-23/h1-10,15,30H,11-14H2,(H,27,28)(H,29,31). The van der Waals surface area contributed by atoms with Crippen LogP contribution in [0.15, 0.2) is 76.6 Å². The lowest BCUT2D eigenvalue weighted by Gasteiger charge is -2.14. The summed E-state index contributed by atoms with van der Waals surface area (Å²) in [6.07, 6.45) is 0.616. The molecule has 35 heavy (non-hydrogen) atoms. The second-order valence-electron chi connectivity index (χ2n) is 7.56. The van der Waals surface area contributed by atoms with E-state index in [1.54, 1.807) is 36.4 Å². The zero-order valence-electron chi connectivity index (χ0n) is 18.4. The Balaban J connectivity index is 1.43. The molecule has 1 amide bonds. The Hall–Kier alpha value is -3.27. The van der Waals surface area contributed by atoms with E-state index < -0.39 is 10.0 Å². The maximum atomic E-state index is 13.0. The third-order valence-corrected chi connectivity index (χ3v) is 6.97. The minimum Gasteiger partial charge on any atom is -0.454 e. The molecule has 0 spiro atoms. The van der Waals surface area contributed by atoms with Gasteiger partial charge in [0.25, 0.3) is 15.9 Å². The molecule has 0 saturated carbocycles. The first-order valence-corrected chi connectivity index (χ1v) is 13.0. The van der Waals surface area contributed by atoms with Crippen LogP contribution in [-0.2, 0) is 10.0 Å². The summed E-state index contributed by atoms with van der Waals surface area (Å²) in [6, 6.07) is 17.0. The number of aliphatic imine (C=N–C) groups is 1. The minimum absolute atomic E-state index is 0.00195. The Kier molecular flexibility index (Phi) is 7.80. The number of carbonyl (C=O) groups excluding carboxylic acids is 1. The van der Waals surface area contributed by atoms with E-state index in [9.17, 15) is 13.2 Å². The van der Waals surface area contributed by atoms with Crippen LogP contribution in [0.25, 0.3) is 0 Å². The molecule has 1 aliphatic rings. The number of nitrogens with one attached hydrogen (secondary N) is 3. The topological polar surface area (TPSA) is 109 Å². The SMILES string of the molecule is O=C(NCCC1=NCCN1)c1ccc(S(=O)(=O)Nc2ccccc2Oc2ccc(Cl)cc2Cl)cc1. The normalized spacial score (nSPS) is 13.0. The molecule has 0 bridgehead atoms. The predicted molar refractivity (Wildman–Crippen MR) is 137 cm³/mol. The lowest BCUT2D eigenvalue weighted by molar-refractivity contribution is 0.0954. The van der Waals surface area contributed by atoms with Gasteiger partial charge >= 0.3 is 0 Å². The smallest absolute Gasteiger partial charge is 0.262 e. The van der Waals surface area contributed by atoms with Crippen LogP contribution in [0.1, 0.15) is 16.8 Å². The van der Waals surface area contributed by atoms with Gasteiger partial charge in [-0.05, 0) is 54.6 Å². The summed E-state index contributed by atoms with van der Waals surface area (Å²) in [5.74, 6) is 1.17. The maximum absolute atomic E-state index is 13.0. The van der Waals surface area contributed by atoms with Crippen LogP contribution >= 0.6 is 23.2 Å². The van der Waals surface area contributed by atoms with E-state index in [1.807, 2.05) is 0 Å². The number of amides is 1. The molecule has 182 valence electrons. The number of anilines is 1. The summed E-state index contributed by atoms with van der Waals surface area (Å²) in [5.41, 5.74) is 0.579. The van der Waals surface area contributed by atoms with E-state index >= 15 is 0 Å².